The molecule has 1 saturated carbocycles. The van der Waals surface area contributed by atoms with Crippen molar-refractivity contribution in [1.82, 2.24) is 4.90 Å². The summed E-state index contributed by atoms with van der Waals surface area (Å²) in [5.41, 5.74) is 6.02. The first-order valence-electron chi connectivity index (χ1n) is 5.90. The molecule has 0 radical (unpaired) electrons. The van der Waals surface area contributed by atoms with Gasteiger partial charge in [-0.25, -0.2) is 0 Å². The molecule has 2 heteroatoms. The lowest BCUT2D eigenvalue weighted by atomic mass is 9.92. The van der Waals surface area contributed by atoms with Gasteiger partial charge in [0.2, 0.25) is 0 Å². The number of hydrogen-bond acceptors (Lipinski definition) is 2. The second kappa shape index (κ2) is 4.63. The van der Waals surface area contributed by atoms with E-state index in [1.807, 2.05) is 0 Å². The third kappa shape index (κ3) is 3.25. The van der Waals surface area contributed by atoms with Crippen LogP contribution in [0, 0.1) is 11.3 Å². The number of nitrogens with zero attached hydrogens (tertiary/aromatic N) is 1. The molecule has 0 aliphatic heterocycles. The Morgan fingerprint density at radius 1 is 1.43 bits per heavy atom. The van der Waals surface area contributed by atoms with Gasteiger partial charge in [-0.15, -0.1) is 0 Å². The van der Waals surface area contributed by atoms with Crippen molar-refractivity contribution in [2.45, 2.75) is 46.1 Å². The van der Waals surface area contributed by atoms with Crippen molar-refractivity contribution in [2.24, 2.45) is 17.1 Å². The second-order valence-corrected chi connectivity index (χ2v) is 5.60. The lowest BCUT2D eigenvalue weighted by Gasteiger charge is -2.34. The van der Waals surface area contributed by atoms with Crippen LogP contribution in [-0.4, -0.2) is 31.1 Å². The summed E-state index contributed by atoms with van der Waals surface area (Å²) in [6, 6.07) is 0.792. The molecule has 0 bridgehead atoms. The summed E-state index contributed by atoms with van der Waals surface area (Å²) in [6.45, 7) is 8.71. The maximum Gasteiger partial charge on any atom is 0.0118 e. The molecule has 0 spiro atoms. The van der Waals surface area contributed by atoms with Crippen LogP contribution in [0.3, 0.4) is 0 Å². The molecule has 0 saturated heterocycles. The maximum atomic E-state index is 5.76. The fourth-order valence-corrected chi connectivity index (χ4v) is 2.34. The lowest BCUT2D eigenvalue weighted by Crippen LogP contribution is -2.42. The summed E-state index contributed by atoms with van der Waals surface area (Å²) in [4.78, 5) is 2.52. The van der Waals surface area contributed by atoms with Crippen LogP contribution in [0.2, 0.25) is 0 Å². The van der Waals surface area contributed by atoms with Crippen molar-refractivity contribution in [1.29, 1.82) is 0 Å². The van der Waals surface area contributed by atoms with Gasteiger partial charge in [0.05, 0.1) is 0 Å². The standard InChI is InChI=1S/C12H26N2/c1-5-11(10-6-7-10)14(4)9-12(2,3)8-13/h10-11H,5-9,13H2,1-4H3. The molecule has 0 amide bonds. The Bertz CT molecular complexity index is 173. The summed E-state index contributed by atoms with van der Waals surface area (Å²) in [5.74, 6) is 0.971. The Kier molecular flexibility index (Phi) is 3.96. The van der Waals surface area contributed by atoms with E-state index in [4.69, 9.17) is 5.73 Å². The first kappa shape index (κ1) is 12.0. The first-order valence-corrected chi connectivity index (χ1v) is 5.90. The van der Waals surface area contributed by atoms with Crippen molar-refractivity contribution in [3.8, 4) is 0 Å². The van der Waals surface area contributed by atoms with Gasteiger partial charge in [0.15, 0.2) is 0 Å². The molecular formula is C12H26N2. The largest absolute Gasteiger partial charge is 0.330 e. The van der Waals surface area contributed by atoms with Crippen LogP contribution in [0.25, 0.3) is 0 Å². The van der Waals surface area contributed by atoms with Crippen LogP contribution < -0.4 is 5.73 Å². The molecular weight excluding hydrogens is 172 g/mol. The van der Waals surface area contributed by atoms with Crippen molar-refractivity contribution in [2.75, 3.05) is 20.1 Å². The molecule has 14 heavy (non-hydrogen) atoms. The molecule has 0 aromatic rings. The minimum absolute atomic E-state index is 0.261. The molecule has 1 aliphatic rings. The highest BCUT2D eigenvalue weighted by molar-refractivity contribution is 4.88. The molecule has 2 nitrogen and oxygen atoms in total. The van der Waals surface area contributed by atoms with Crippen LogP contribution in [0.15, 0.2) is 0 Å². The Morgan fingerprint density at radius 2 is 2.00 bits per heavy atom. The number of hydrogen-bond donors (Lipinski definition) is 1. The molecule has 0 heterocycles. The van der Waals surface area contributed by atoms with Gasteiger partial charge in [0.25, 0.3) is 0 Å². The summed E-state index contributed by atoms with van der Waals surface area (Å²) in [7, 11) is 2.25. The Balaban J connectivity index is 2.42. The minimum Gasteiger partial charge on any atom is -0.330 e. The molecule has 0 aromatic heterocycles. The van der Waals surface area contributed by atoms with E-state index in [0.717, 1.165) is 25.0 Å². The molecule has 0 aromatic carbocycles. The maximum absolute atomic E-state index is 5.76. The van der Waals surface area contributed by atoms with Crippen LogP contribution in [-0.2, 0) is 0 Å². The lowest BCUT2D eigenvalue weighted by molar-refractivity contribution is 0.146. The van der Waals surface area contributed by atoms with Gasteiger partial charge in [-0.2, -0.15) is 0 Å². The zero-order chi connectivity index (χ0) is 10.8. The fourth-order valence-electron chi connectivity index (χ4n) is 2.34. The van der Waals surface area contributed by atoms with Gasteiger partial charge in [-0.3, -0.25) is 0 Å². The zero-order valence-corrected chi connectivity index (χ0v) is 10.2. The van der Waals surface area contributed by atoms with E-state index < -0.39 is 0 Å². The topological polar surface area (TPSA) is 29.3 Å². The molecule has 1 atom stereocenters. The average Bonchev–Trinajstić information content (AvgIpc) is 2.89. The van der Waals surface area contributed by atoms with Gasteiger partial charge in [0, 0.05) is 12.6 Å². The third-order valence-corrected chi connectivity index (χ3v) is 3.38. The molecule has 2 N–H and O–H groups in total. The highest BCUT2D eigenvalue weighted by atomic mass is 15.1. The number of nitrogens with two attached hydrogens (primary N) is 1. The molecule has 1 aliphatic carbocycles. The van der Waals surface area contributed by atoms with E-state index in [9.17, 15) is 0 Å². The highest BCUT2D eigenvalue weighted by Crippen LogP contribution is 2.37. The van der Waals surface area contributed by atoms with E-state index >= 15 is 0 Å². The summed E-state index contributed by atoms with van der Waals surface area (Å²) < 4.78 is 0. The van der Waals surface area contributed by atoms with Gasteiger partial charge in [-0.1, -0.05) is 20.8 Å². The fraction of sp³-hybridized carbons (Fsp3) is 1.00. The minimum atomic E-state index is 0.261. The monoisotopic (exact) mass is 198 g/mol. The highest BCUT2D eigenvalue weighted by Gasteiger charge is 2.34. The zero-order valence-electron chi connectivity index (χ0n) is 10.2. The van der Waals surface area contributed by atoms with Gasteiger partial charge < -0.3 is 10.6 Å². The predicted molar refractivity (Wildman–Crippen MR) is 62.3 cm³/mol. The molecule has 84 valence electrons. The molecule has 1 unspecified atom stereocenters. The van der Waals surface area contributed by atoms with Crippen LogP contribution in [0.1, 0.15) is 40.0 Å². The summed E-state index contributed by atoms with van der Waals surface area (Å²) >= 11 is 0. The average molecular weight is 198 g/mol. The van der Waals surface area contributed by atoms with E-state index in [-0.39, 0.29) is 5.41 Å². The van der Waals surface area contributed by atoms with E-state index in [0.29, 0.717) is 0 Å². The molecule has 1 rings (SSSR count). The molecule has 1 fully saturated rings. The Labute approximate surface area is 88.8 Å². The number of rotatable bonds is 6. The second-order valence-electron chi connectivity index (χ2n) is 5.60. The SMILES string of the molecule is CCC(C1CC1)N(C)CC(C)(C)CN. The van der Waals surface area contributed by atoms with Crippen LogP contribution in [0.5, 0.6) is 0 Å². The Morgan fingerprint density at radius 3 is 2.36 bits per heavy atom. The van der Waals surface area contributed by atoms with E-state index in [2.05, 4.69) is 32.7 Å². The quantitative estimate of drug-likeness (QED) is 0.708. The van der Waals surface area contributed by atoms with Crippen LogP contribution >= 0.6 is 0 Å². The van der Waals surface area contributed by atoms with Crippen LogP contribution in [0.4, 0.5) is 0 Å². The predicted octanol–water partition coefficient (Wildman–Crippen LogP) is 2.09. The van der Waals surface area contributed by atoms with Gasteiger partial charge in [-0.05, 0) is 44.2 Å². The smallest absolute Gasteiger partial charge is 0.0118 e. The van der Waals surface area contributed by atoms with Crippen molar-refractivity contribution >= 4 is 0 Å². The van der Waals surface area contributed by atoms with Gasteiger partial charge in [0.1, 0.15) is 0 Å². The van der Waals surface area contributed by atoms with Gasteiger partial charge >= 0.3 is 0 Å². The van der Waals surface area contributed by atoms with E-state index in [1.165, 1.54) is 19.3 Å². The van der Waals surface area contributed by atoms with E-state index in [1.54, 1.807) is 0 Å². The summed E-state index contributed by atoms with van der Waals surface area (Å²) in [6.07, 6.45) is 4.15. The summed E-state index contributed by atoms with van der Waals surface area (Å²) in [5, 5.41) is 0. The Hall–Kier alpha value is -0.0800. The third-order valence-electron chi connectivity index (χ3n) is 3.38. The van der Waals surface area contributed by atoms with Crippen molar-refractivity contribution in [3.05, 3.63) is 0 Å². The van der Waals surface area contributed by atoms with Crippen molar-refractivity contribution < 1.29 is 0 Å². The van der Waals surface area contributed by atoms with Crippen molar-refractivity contribution in [3.63, 3.8) is 0 Å². The normalized spacial score (nSPS) is 20.1. The first-order chi connectivity index (χ1) is 6.50.